The summed E-state index contributed by atoms with van der Waals surface area (Å²) in [4.78, 5) is 112. The van der Waals surface area contributed by atoms with Crippen molar-refractivity contribution in [2.75, 3.05) is 26.4 Å². The van der Waals surface area contributed by atoms with E-state index in [2.05, 4.69) is 24.7 Å². The molecule has 0 bridgehead atoms. The molecule has 4 aliphatic carbocycles. The number of nitrogens with zero attached hydrogens (tertiary/aromatic N) is 1. The maximum absolute atomic E-state index is 14.2. The number of allylic oxidation sites excluding steroid dienone is 4. The number of aromatic nitrogens is 4. The standard InChI is InChI=1S/C18H14F3NO4.C18H14F3NO3.C18H14N2O3.C17H13ClFNO3/c1-2-25-17(24)15-11(12-6-4-8-22-12)9-10-5-3-7-13(14(10)16(15)23)26-18(19,20)21;1-2-25-17(24)15-11(13-7-4-8-22-13)9-10-5-3-6-12(18(19,20)21)14(10)16(15)23;1-2-23-18(22)16-13(14-7-4-8-20-14)9-11-5-3-6-12(10-19)15(11)17(16)21;1-2-23-17(22)15-11(13-4-3-5-20-13)7-9-6-10(18)8-12(19)14(9)16(15)21/h3-8,22H,2,9H2,1H3;3-8,22H,2,9H2,1H3;3-8,20H,2,9H2,1H3;3-6,8,20H,2,7H2,1H3. The quantitative estimate of drug-likeness (QED) is 0.0362. The number of esters is 4. The number of nitrogens with one attached hydrogen (secondary N) is 4. The van der Waals surface area contributed by atoms with E-state index < -0.39 is 82.2 Å². The van der Waals surface area contributed by atoms with Crippen LogP contribution in [-0.4, -0.2) is 99.7 Å². The molecule has 4 aromatic carbocycles. The fourth-order valence-electron chi connectivity index (χ4n) is 11.4. The van der Waals surface area contributed by atoms with Crippen LogP contribution >= 0.6 is 11.6 Å². The minimum absolute atomic E-state index is 0.00417. The Hall–Kier alpha value is -11.4. The lowest BCUT2D eigenvalue weighted by Crippen LogP contribution is -2.26. The maximum atomic E-state index is 14.2. The topological polar surface area (TPSA) is 270 Å². The molecule has 0 fully saturated rings. The van der Waals surface area contributed by atoms with Gasteiger partial charge in [-0.15, -0.1) is 13.2 Å². The summed E-state index contributed by atoms with van der Waals surface area (Å²) in [6.07, 6.45) is -2.28. The number of alkyl halides is 6. The molecule has 4 heterocycles. The number of halogens is 8. The van der Waals surface area contributed by atoms with E-state index in [1.165, 1.54) is 24.3 Å². The molecule has 26 heteroatoms. The Bertz CT molecular complexity index is 4590. The average Bonchev–Trinajstić information content (AvgIpc) is 1.58. The third-order valence-corrected chi connectivity index (χ3v) is 15.5. The maximum Gasteiger partial charge on any atom is 0.573 e. The summed E-state index contributed by atoms with van der Waals surface area (Å²) >= 11 is 5.88. The van der Waals surface area contributed by atoms with Crippen LogP contribution in [0.5, 0.6) is 5.75 Å². The Kier molecular flexibility index (Phi) is 21.6. The predicted octanol–water partition coefficient (Wildman–Crippen LogP) is 13.7. The van der Waals surface area contributed by atoms with Gasteiger partial charge in [0.15, 0.2) is 0 Å². The van der Waals surface area contributed by atoms with Gasteiger partial charge >= 0.3 is 36.4 Å². The number of nitriles is 1. The molecule has 0 aliphatic heterocycles. The molecule has 18 nitrogen and oxygen atoms in total. The molecular formula is C71H55ClF7N5O13. The number of Topliss-reactive ketones (excluding diaryl/α,β-unsaturated/α-hetero) is 4. The molecule has 4 aliphatic rings. The monoisotopic (exact) mass is 1350 g/mol. The fraction of sp³-hybridized carbons (Fsp3) is 0.197. The van der Waals surface area contributed by atoms with Crippen LogP contribution in [0.3, 0.4) is 0 Å². The van der Waals surface area contributed by atoms with E-state index in [-0.39, 0.29) is 95.3 Å². The Morgan fingerprint density at radius 3 is 1.19 bits per heavy atom. The highest BCUT2D eigenvalue weighted by Crippen LogP contribution is 2.43. The van der Waals surface area contributed by atoms with Gasteiger partial charge in [0.25, 0.3) is 0 Å². The fourth-order valence-corrected chi connectivity index (χ4v) is 11.6. The summed E-state index contributed by atoms with van der Waals surface area (Å²) in [7, 11) is 0. The molecule has 4 aromatic heterocycles. The van der Waals surface area contributed by atoms with Crippen molar-refractivity contribution in [2.45, 2.75) is 65.9 Å². The van der Waals surface area contributed by atoms with E-state index in [9.17, 15) is 74.4 Å². The number of ketones is 4. The molecule has 4 N–H and O–H groups in total. The third kappa shape index (κ3) is 15.1. The lowest BCUT2D eigenvalue weighted by Gasteiger charge is -2.23. The van der Waals surface area contributed by atoms with Crippen molar-refractivity contribution in [3.63, 3.8) is 0 Å². The van der Waals surface area contributed by atoms with Crippen LogP contribution < -0.4 is 4.74 Å². The molecule has 498 valence electrons. The van der Waals surface area contributed by atoms with E-state index in [0.717, 1.165) is 23.8 Å². The normalized spacial score (nSPS) is 14.1. The number of fused-ring (bicyclic) bond motifs is 4. The molecule has 0 radical (unpaired) electrons. The minimum atomic E-state index is -4.96. The number of hydrogen-bond acceptors (Lipinski definition) is 14. The van der Waals surface area contributed by atoms with E-state index in [0.29, 0.717) is 68.2 Å². The lowest BCUT2D eigenvalue weighted by molar-refractivity contribution is -0.274. The summed E-state index contributed by atoms with van der Waals surface area (Å²) in [5.74, 6) is -7.50. The molecule has 0 unspecified atom stereocenters. The average molecular weight is 1350 g/mol. The van der Waals surface area contributed by atoms with Crippen molar-refractivity contribution in [1.82, 2.24) is 19.9 Å². The van der Waals surface area contributed by atoms with Gasteiger partial charge in [-0.1, -0.05) is 48.0 Å². The molecule has 97 heavy (non-hydrogen) atoms. The molecular weight excluding hydrogens is 1300 g/mol. The van der Waals surface area contributed by atoms with Gasteiger partial charge in [-0.3, -0.25) is 19.2 Å². The largest absolute Gasteiger partial charge is 0.573 e. The number of hydrogen-bond donors (Lipinski definition) is 4. The first-order chi connectivity index (χ1) is 46.3. The van der Waals surface area contributed by atoms with E-state index >= 15 is 0 Å². The Balaban J connectivity index is 0.000000152. The summed E-state index contributed by atoms with van der Waals surface area (Å²) in [5, 5.41) is 9.46. The number of carbonyl (C=O) groups is 8. The highest BCUT2D eigenvalue weighted by molar-refractivity contribution is 6.34. The van der Waals surface area contributed by atoms with Crippen LogP contribution in [-0.2, 0) is 70.0 Å². The zero-order valence-corrected chi connectivity index (χ0v) is 52.5. The van der Waals surface area contributed by atoms with Crippen molar-refractivity contribution in [2.24, 2.45) is 0 Å². The molecule has 0 saturated carbocycles. The van der Waals surface area contributed by atoms with E-state index in [1.54, 1.807) is 125 Å². The van der Waals surface area contributed by atoms with Gasteiger partial charge in [-0.25, -0.2) is 23.6 Å². The minimum Gasteiger partial charge on any atom is -0.462 e. The highest BCUT2D eigenvalue weighted by Gasteiger charge is 2.43. The molecule has 0 saturated heterocycles. The zero-order chi connectivity index (χ0) is 70.0. The third-order valence-electron chi connectivity index (χ3n) is 15.3. The lowest BCUT2D eigenvalue weighted by atomic mass is 9.81. The highest BCUT2D eigenvalue weighted by atomic mass is 35.5. The second kappa shape index (κ2) is 29.9. The van der Waals surface area contributed by atoms with Gasteiger partial charge in [0.1, 0.15) is 33.9 Å². The van der Waals surface area contributed by atoms with Crippen molar-refractivity contribution < 1.29 is 92.8 Å². The molecule has 0 atom stereocenters. The Labute approximate surface area is 552 Å². The van der Waals surface area contributed by atoms with Crippen molar-refractivity contribution >= 4 is 80.9 Å². The number of benzene rings is 4. The second-order valence-electron chi connectivity index (χ2n) is 21.2. The van der Waals surface area contributed by atoms with E-state index in [1.807, 2.05) is 6.07 Å². The van der Waals surface area contributed by atoms with Gasteiger partial charge in [-0.05, 0) is 151 Å². The SMILES string of the molecule is CCOC(=O)C1=C(c2ccc[nH]2)Cc2cc(Cl)cc(F)c2C1=O.CCOC(=O)C1=C(c2ccc[nH]2)Cc2cccc(C#N)c2C1=O.CCOC(=O)C1=C(c2ccc[nH]2)Cc2cccc(C(F)(F)F)c2C1=O.CCOC(=O)C1=C(c2ccc[nH]2)Cc2cccc(OC(F)(F)F)c2C1=O. The van der Waals surface area contributed by atoms with E-state index in [4.69, 9.17) is 30.5 Å². The van der Waals surface area contributed by atoms with Crippen molar-refractivity contribution in [1.29, 1.82) is 5.26 Å². The first-order valence-electron chi connectivity index (χ1n) is 29.8. The van der Waals surface area contributed by atoms with Crippen molar-refractivity contribution in [3.8, 4) is 11.8 Å². The smallest absolute Gasteiger partial charge is 0.462 e. The Morgan fingerprint density at radius 1 is 0.464 bits per heavy atom. The summed E-state index contributed by atoms with van der Waals surface area (Å²) in [5.41, 5.74) is 3.79. The van der Waals surface area contributed by atoms with Crippen LogP contribution in [0.25, 0.3) is 22.3 Å². The van der Waals surface area contributed by atoms with Gasteiger partial charge in [0, 0.05) is 89.4 Å². The van der Waals surface area contributed by atoms with Gasteiger partial charge in [0.2, 0.25) is 23.1 Å². The summed E-state index contributed by atoms with van der Waals surface area (Å²) < 4.78 is 116. The molecule has 12 rings (SSSR count). The van der Waals surface area contributed by atoms with Gasteiger partial charge in [0.05, 0.1) is 54.8 Å². The first kappa shape index (κ1) is 69.9. The molecule has 0 amide bonds. The number of aromatic amines is 4. The van der Waals surface area contributed by atoms with Gasteiger partial charge < -0.3 is 43.6 Å². The first-order valence-corrected chi connectivity index (χ1v) is 30.1. The van der Waals surface area contributed by atoms with Crippen molar-refractivity contribution in [3.05, 3.63) is 252 Å². The van der Waals surface area contributed by atoms with Crippen LogP contribution in [0.1, 0.15) is 125 Å². The van der Waals surface area contributed by atoms with Gasteiger partial charge in [-0.2, -0.15) is 18.4 Å². The van der Waals surface area contributed by atoms with Crippen LogP contribution in [0.4, 0.5) is 30.7 Å². The predicted molar refractivity (Wildman–Crippen MR) is 337 cm³/mol. The van der Waals surface area contributed by atoms with Crippen LogP contribution in [0.2, 0.25) is 5.02 Å². The number of rotatable bonds is 13. The molecule has 8 aromatic rings. The summed E-state index contributed by atoms with van der Waals surface area (Å²) in [6, 6.07) is 31.1. The summed E-state index contributed by atoms with van der Waals surface area (Å²) in [6.45, 7) is 6.83. The number of carbonyl (C=O) groups excluding carboxylic acids is 8. The van der Waals surface area contributed by atoms with Crippen LogP contribution in [0.15, 0.2) is 162 Å². The molecule has 0 spiro atoms. The number of H-pyrrole nitrogens is 4. The zero-order valence-electron chi connectivity index (χ0n) is 51.7. The number of ether oxygens (including phenoxy) is 5. The Morgan fingerprint density at radius 2 is 0.814 bits per heavy atom. The second-order valence-corrected chi connectivity index (χ2v) is 21.6. The van der Waals surface area contributed by atoms with Crippen LogP contribution in [0, 0.1) is 17.1 Å².